The van der Waals surface area contributed by atoms with Crippen molar-refractivity contribution in [3.8, 4) is 0 Å². The van der Waals surface area contributed by atoms with Gasteiger partial charge < -0.3 is 10.5 Å². The van der Waals surface area contributed by atoms with E-state index in [-0.39, 0.29) is 6.10 Å². The van der Waals surface area contributed by atoms with Crippen LogP contribution in [0, 0.1) is 0 Å². The molecule has 0 saturated carbocycles. The quantitative estimate of drug-likeness (QED) is 0.557. The van der Waals surface area contributed by atoms with Gasteiger partial charge in [0, 0.05) is 18.5 Å². The molecule has 0 radical (unpaired) electrons. The summed E-state index contributed by atoms with van der Waals surface area (Å²) in [5, 5.41) is 0. The van der Waals surface area contributed by atoms with Gasteiger partial charge in [-0.05, 0) is 34.4 Å². The third kappa shape index (κ3) is 3.02. The van der Waals surface area contributed by atoms with Crippen LogP contribution in [0.15, 0.2) is 78.9 Å². The van der Waals surface area contributed by atoms with Crippen LogP contribution in [0.3, 0.4) is 0 Å². The predicted molar refractivity (Wildman–Crippen MR) is 103 cm³/mol. The molecule has 3 aromatic rings. The number of hydrogen-bond acceptors (Lipinski definition) is 3. The van der Waals surface area contributed by atoms with Crippen molar-refractivity contribution in [2.45, 2.75) is 24.5 Å². The van der Waals surface area contributed by atoms with Crippen LogP contribution >= 0.6 is 0 Å². The second kappa shape index (κ2) is 6.77. The molecule has 2 N–H and O–H groups in total. The second-order valence-electron chi connectivity index (χ2n) is 6.81. The lowest BCUT2D eigenvalue weighted by molar-refractivity contribution is -0.136. The fourth-order valence-corrected chi connectivity index (χ4v) is 3.76. The van der Waals surface area contributed by atoms with Gasteiger partial charge in [0.05, 0.1) is 6.10 Å². The Kier molecular flexibility index (Phi) is 4.31. The van der Waals surface area contributed by atoms with E-state index in [1.807, 2.05) is 66.7 Å². The minimum absolute atomic E-state index is 0.190. The predicted octanol–water partition coefficient (Wildman–Crippen LogP) is 4.22. The minimum atomic E-state index is -0.968. The summed E-state index contributed by atoms with van der Waals surface area (Å²) in [7, 11) is 0. The summed E-state index contributed by atoms with van der Waals surface area (Å²) in [6, 6.07) is 25.9. The largest absolute Gasteiger partial charge is 0.399 e. The number of benzene rings is 3. The monoisotopic (exact) mass is 343 g/mol. The minimum Gasteiger partial charge on any atom is -0.399 e. The van der Waals surface area contributed by atoms with Crippen LogP contribution in [0.2, 0.25) is 0 Å². The Morgan fingerprint density at radius 1 is 0.923 bits per heavy atom. The van der Waals surface area contributed by atoms with E-state index in [1.165, 1.54) is 5.56 Å². The summed E-state index contributed by atoms with van der Waals surface area (Å²) in [6.45, 7) is 0. The van der Waals surface area contributed by atoms with Crippen LogP contribution < -0.4 is 5.73 Å². The number of ether oxygens (including phenoxy) is 1. The zero-order valence-corrected chi connectivity index (χ0v) is 14.5. The fraction of sp³-hybridized carbons (Fsp3) is 0.174. The molecule has 3 aromatic carbocycles. The first-order valence-corrected chi connectivity index (χ1v) is 8.82. The van der Waals surface area contributed by atoms with Crippen molar-refractivity contribution in [2.24, 2.45) is 0 Å². The Bertz CT molecular complexity index is 908. The van der Waals surface area contributed by atoms with Crippen LogP contribution in [0.4, 0.5) is 5.69 Å². The van der Waals surface area contributed by atoms with Gasteiger partial charge in [-0.1, -0.05) is 66.7 Å². The van der Waals surface area contributed by atoms with Gasteiger partial charge in [-0.2, -0.15) is 0 Å². The van der Waals surface area contributed by atoms with Crippen molar-refractivity contribution in [3.05, 3.63) is 101 Å². The first-order valence-electron chi connectivity index (χ1n) is 8.82. The fourth-order valence-electron chi connectivity index (χ4n) is 3.76. The molecule has 130 valence electrons. The molecule has 2 atom stereocenters. The van der Waals surface area contributed by atoms with Crippen LogP contribution in [0.1, 0.15) is 28.4 Å². The lowest BCUT2D eigenvalue weighted by atomic mass is 9.86. The van der Waals surface area contributed by atoms with Gasteiger partial charge in [-0.3, -0.25) is 4.79 Å². The van der Waals surface area contributed by atoms with E-state index in [2.05, 4.69) is 12.1 Å². The van der Waals surface area contributed by atoms with E-state index >= 15 is 0 Å². The molecule has 0 aliphatic carbocycles. The van der Waals surface area contributed by atoms with Gasteiger partial charge in [0.1, 0.15) is 0 Å². The molecule has 0 bridgehead atoms. The Balaban J connectivity index is 1.73. The van der Waals surface area contributed by atoms with Crippen molar-refractivity contribution in [3.63, 3.8) is 0 Å². The standard InChI is InChI=1S/C23H21NO2/c24-19-11-12-21-20(14-19)22(13-17-7-3-1-4-8-17)26-23(21,16-25)15-18-9-5-2-6-10-18/h1-12,14,16,22H,13,15,24H2. The molecule has 1 aliphatic rings. The van der Waals surface area contributed by atoms with Crippen molar-refractivity contribution in [1.82, 2.24) is 0 Å². The van der Waals surface area contributed by atoms with E-state index in [1.54, 1.807) is 0 Å². The maximum atomic E-state index is 12.2. The highest BCUT2D eigenvalue weighted by Crippen LogP contribution is 2.46. The summed E-state index contributed by atoms with van der Waals surface area (Å²) < 4.78 is 6.41. The number of aldehydes is 1. The zero-order valence-electron chi connectivity index (χ0n) is 14.5. The summed E-state index contributed by atoms with van der Waals surface area (Å²) in [5.41, 5.74) is 9.92. The van der Waals surface area contributed by atoms with Crippen LogP contribution in [0.5, 0.6) is 0 Å². The summed E-state index contributed by atoms with van der Waals surface area (Å²) in [4.78, 5) is 12.2. The molecule has 0 amide bonds. The van der Waals surface area contributed by atoms with Gasteiger partial charge in [-0.15, -0.1) is 0 Å². The summed E-state index contributed by atoms with van der Waals surface area (Å²) >= 11 is 0. The van der Waals surface area contributed by atoms with Crippen LogP contribution in [-0.4, -0.2) is 6.29 Å². The number of fused-ring (bicyclic) bond motifs is 1. The molecule has 26 heavy (non-hydrogen) atoms. The molecule has 3 nitrogen and oxygen atoms in total. The maximum absolute atomic E-state index is 12.2. The molecule has 0 saturated heterocycles. The van der Waals surface area contributed by atoms with Gasteiger partial charge in [0.15, 0.2) is 11.9 Å². The lowest BCUT2D eigenvalue weighted by Gasteiger charge is -2.25. The Morgan fingerprint density at radius 2 is 1.58 bits per heavy atom. The summed E-state index contributed by atoms with van der Waals surface area (Å²) in [5.74, 6) is 0. The van der Waals surface area contributed by atoms with Crippen molar-refractivity contribution in [2.75, 3.05) is 5.73 Å². The third-order valence-electron chi connectivity index (χ3n) is 4.99. The number of anilines is 1. The smallest absolute Gasteiger partial charge is 0.156 e. The molecule has 0 fully saturated rings. The Morgan fingerprint density at radius 3 is 2.23 bits per heavy atom. The highest BCUT2D eigenvalue weighted by atomic mass is 16.5. The van der Waals surface area contributed by atoms with E-state index in [4.69, 9.17) is 10.5 Å². The number of nitrogens with two attached hydrogens (primary N) is 1. The lowest BCUT2D eigenvalue weighted by Crippen LogP contribution is -2.30. The average molecular weight is 343 g/mol. The number of carbonyl (C=O) groups excluding carboxylic acids is 1. The highest BCUT2D eigenvalue weighted by molar-refractivity contribution is 5.71. The molecular formula is C23H21NO2. The highest BCUT2D eigenvalue weighted by Gasteiger charge is 2.45. The van der Waals surface area contributed by atoms with Crippen molar-refractivity contribution >= 4 is 12.0 Å². The van der Waals surface area contributed by atoms with Gasteiger partial charge in [0.2, 0.25) is 0 Å². The van der Waals surface area contributed by atoms with Crippen LogP contribution in [-0.2, 0) is 28.0 Å². The molecular weight excluding hydrogens is 322 g/mol. The van der Waals surface area contributed by atoms with E-state index in [0.29, 0.717) is 18.5 Å². The topological polar surface area (TPSA) is 52.3 Å². The molecule has 1 heterocycles. The van der Waals surface area contributed by atoms with Crippen LogP contribution in [0.25, 0.3) is 0 Å². The van der Waals surface area contributed by atoms with Crippen molar-refractivity contribution < 1.29 is 9.53 Å². The van der Waals surface area contributed by atoms with Gasteiger partial charge in [-0.25, -0.2) is 0 Å². The normalized spacial score (nSPS) is 21.3. The molecule has 0 spiro atoms. The van der Waals surface area contributed by atoms with E-state index in [9.17, 15) is 4.79 Å². The maximum Gasteiger partial charge on any atom is 0.156 e. The van der Waals surface area contributed by atoms with Gasteiger partial charge in [0.25, 0.3) is 0 Å². The second-order valence-corrected chi connectivity index (χ2v) is 6.81. The Hall–Kier alpha value is -2.91. The number of nitrogen functional groups attached to an aromatic ring is 1. The van der Waals surface area contributed by atoms with Gasteiger partial charge >= 0.3 is 0 Å². The first-order chi connectivity index (χ1) is 12.7. The molecule has 0 aromatic heterocycles. The van der Waals surface area contributed by atoms with Crippen molar-refractivity contribution in [1.29, 1.82) is 0 Å². The average Bonchev–Trinajstić information content (AvgIpc) is 2.96. The number of rotatable bonds is 5. The van der Waals surface area contributed by atoms with E-state index in [0.717, 1.165) is 23.0 Å². The SMILES string of the molecule is Nc1ccc2c(c1)C(Cc1ccccc1)OC2(C=O)Cc1ccccc1. The van der Waals surface area contributed by atoms with E-state index < -0.39 is 5.60 Å². The molecule has 3 heteroatoms. The first kappa shape index (κ1) is 16.6. The third-order valence-corrected chi connectivity index (χ3v) is 4.99. The molecule has 2 unspecified atom stereocenters. The molecule has 4 rings (SSSR count). The zero-order chi connectivity index (χ0) is 18.0. The Labute approximate surface area is 153 Å². The number of carbonyl (C=O) groups is 1. The molecule has 1 aliphatic heterocycles. The summed E-state index contributed by atoms with van der Waals surface area (Å²) in [6.07, 6.45) is 1.98. The number of hydrogen-bond donors (Lipinski definition) is 1.